The van der Waals surface area contributed by atoms with Gasteiger partial charge in [-0.3, -0.25) is 4.79 Å². The van der Waals surface area contributed by atoms with Gasteiger partial charge in [0.05, 0.1) is 17.8 Å². The van der Waals surface area contributed by atoms with Crippen LogP contribution in [0.3, 0.4) is 0 Å². The van der Waals surface area contributed by atoms with Gasteiger partial charge in [-0.1, -0.05) is 74.5 Å². The SMILES string of the molecule is CC1(C)C2CC[C@@H]1C(=O)[C@H]2CS(=O)(=O)N[C@H](c1ccccc1)[C@H](N)c1ccccc1. The van der Waals surface area contributed by atoms with Crippen LogP contribution >= 0.6 is 0 Å². The largest absolute Gasteiger partial charge is 0.322 e. The Labute approximate surface area is 179 Å². The Balaban J connectivity index is 1.59. The van der Waals surface area contributed by atoms with Crippen LogP contribution in [0.5, 0.6) is 0 Å². The molecule has 2 aromatic rings. The maximum Gasteiger partial charge on any atom is 0.212 e. The molecule has 5 atom stereocenters. The molecule has 2 aromatic carbocycles. The molecule has 0 heterocycles. The van der Waals surface area contributed by atoms with Crippen LogP contribution in [-0.2, 0) is 14.8 Å². The highest BCUT2D eigenvalue weighted by Gasteiger charge is 2.59. The predicted molar refractivity (Wildman–Crippen MR) is 118 cm³/mol. The molecule has 6 heteroatoms. The van der Waals surface area contributed by atoms with Crippen LogP contribution in [0.2, 0.25) is 0 Å². The summed E-state index contributed by atoms with van der Waals surface area (Å²) in [6.45, 7) is 4.21. The third kappa shape index (κ3) is 3.84. The molecule has 2 aliphatic carbocycles. The summed E-state index contributed by atoms with van der Waals surface area (Å²) in [5, 5.41) is 0. The van der Waals surface area contributed by atoms with E-state index in [4.69, 9.17) is 5.73 Å². The van der Waals surface area contributed by atoms with Crippen molar-refractivity contribution < 1.29 is 13.2 Å². The van der Waals surface area contributed by atoms with E-state index in [1.165, 1.54) is 0 Å². The fraction of sp³-hybridized carbons (Fsp3) is 0.458. The molecule has 2 bridgehead atoms. The fourth-order valence-electron chi connectivity index (χ4n) is 5.59. The van der Waals surface area contributed by atoms with Gasteiger partial charge in [-0.05, 0) is 35.3 Å². The van der Waals surface area contributed by atoms with Crippen molar-refractivity contribution in [2.24, 2.45) is 28.9 Å². The molecule has 3 N–H and O–H groups in total. The highest BCUT2D eigenvalue weighted by Crippen LogP contribution is 2.58. The van der Waals surface area contributed by atoms with E-state index in [1.807, 2.05) is 60.7 Å². The summed E-state index contributed by atoms with van der Waals surface area (Å²) in [5.74, 6) is -0.365. The summed E-state index contributed by atoms with van der Waals surface area (Å²) in [5.41, 5.74) is 8.06. The monoisotopic (exact) mass is 426 g/mol. The van der Waals surface area contributed by atoms with Gasteiger partial charge >= 0.3 is 0 Å². The Morgan fingerprint density at radius 1 is 1.00 bits per heavy atom. The second-order valence-electron chi connectivity index (χ2n) is 9.29. The maximum absolute atomic E-state index is 13.2. The normalized spacial score (nSPS) is 27.2. The van der Waals surface area contributed by atoms with Crippen LogP contribution in [0, 0.1) is 23.2 Å². The number of nitrogens with two attached hydrogens (primary N) is 1. The van der Waals surface area contributed by atoms with E-state index in [-0.39, 0.29) is 28.8 Å². The van der Waals surface area contributed by atoms with E-state index in [2.05, 4.69) is 18.6 Å². The Morgan fingerprint density at radius 2 is 1.57 bits per heavy atom. The highest BCUT2D eigenvalue weighted by atomic mass is 32.2. The zero-order valence-electron chi connectivity index (χ0n) is 17.5. The third-order valence-corrected chi connectivity index (χ3v) is 8.63. The lowest BCUT2D eigenvalue weighted by atomic mass is 9.80. The van der Waals surface area contributed by atoms with Gasteiger partial charge in [0.2, 0.25) is 10.0 Å². The number of carbonyl (C=O) groups excluding carboxylic acids is 1. The Bertz CT molecular complexity index is 1010. The average molecular weight is 427 g/mol. The zero-order valence-corrected chi connectivity index (χ0v) is 18.3. The first kappa shape index (κ1) is 21.2. The molecule has 0 spiro atoms. The molecule has 0 amide bonds. The Hall–Kier alpha value is -2.02. The van der Waals surface area contributed by atoms with Crippen molar-refractivity contribution in [1.29, 1.82) is 0 Å². The van der Waals surface area contributed by atoms with E-state index in [0.717, 1.165) is 24.0 Å². The number of rotatable bonds is 7. The lowest BCUT2D eigenvalue weighted by molar-refractivity contribution is -0.125. The van der Waals surface area contributed by atoms with E-state index in [0.29, 0.717) is 0 Å². The van der Waals surface area contributed by atoms with Crippen LogP contribution < -0.4 is 10.5 Å². The molecule has 2 saturated carbocycles. The van der Waals surface area contributed by atoms with Crippen LogP contribution in [0.1, 0.15) is 49.9 Å². The number of ketones is 1. The van der Waals surface area contributed by atoms with Crippen molar-refractivity contribution in [2.75, 3.05) is 5.75 Å². The lowest BCUT2D eigenvalue weighted by Gasteiger charge is -2.28. The molecule has 0 radical (unpaired) electrons. The molecule has 1 unspecified atom stereocenters. The van der Waals surface area contributed by atoms with Crippen LogP contribution in [0.4, 0.5) is 0 Å². The smallest absolute Gasteiger partial charge is 0.212 e. The fourth-order valence-corrected chi connectivity index (χ4v) is 7.22. The van der Waals surface area contributed by atoms with Gasteiger partial charge in [-0.2, -0.15) is 0 Å². The number of hydrogen-bond acceptors (Lipinski definition) is 4. The van der Waals surface area contributed by atoms with E-state index in [9.17, 15) is 13.2 Å². The van der Waals surface area contributed by atoms with Crippen molar-refractivity contribution in [3.63, 3.8) is 0 Å². The van der Waals surface area contributed by atoms with Gasteiger partial charge in [0.15, 0.2) is 0 Å². The molecule has 0 aliphatic heterocycles. The molecule has 0 aromatic heterocycles. The first-order chi connectivity index (χ1) is 14.2. The average Bonchev–Trinajstić information content (AvgIpc) is 3.12. The minimum Gasteiger partial charge on any atom is -0.322 e. The summed E-state index contributed by atoms with van der Waals surface area (Å²) in [6, 6.07) is 17.7. The molecule has 2 aliphatic rings. The van der Waals surface area contributed by atoms with E-state index >= 15 is 0 Å². The van der Waals surface area contributed by atoms with Crippen LogP contribution in [0.25, 0.3) is 0 Å². The highest BCUT2D eigenvalue weighted by molar-refractivity contribution is 7.89. The molecule has 30 heavy (non-hydrogen) atoms. The molecule has 2 fully saturated rings. The number of fused-ring (bicyclic) bond motifs is 2. The lowest BCUT2D eigenvalue weighted by Crippen LogP contribution is -2.40. The molecular formula is C24H30N2O3S. The van der Waals surface area contributed by atoms with Crippen LogP contribution in [0.15, 0.2) is 60.7 Å². The minimum atomic E-state index is -3.72. The molecular weight excluding hydrogens is 396 g/mol. The van der Waals surface area contributed by atoms with Gasteiger partial charge in [-0.25, -0.2) is 13.1 Å². The zero-order chi connectivity index (χ0) is 21.5. The minimum absolute atomic E-state index is 0.0146. The second-order valence-corrected chi connectivity index (χ2v) is 11.1. The number of hydrogen-bond donors (Lipinski definition) is 2. The Kier molecular flexibility index (Phi) is 5.60. The van der Waals surface area contributed by atoms with Crippen LogP contribution in [-0.4, -0.2) is 20.0 Å². The van der Waals surface area contributed by atoms with Gasteiger partial charge in [0.25, 0.3) is 0 Å². The second kappa shape index (κ2) is 7.91. The van der Waals surface area contributed by atoms with E-state index in [1.54, 1.807) is 0 Å². The van der Waals surface area contributed by atoms with Crippen molar-refractivity contribution in [1.82, 2.24) is 4.72 Å². The molecule has 160 valence electrons. The molecule has 4 rings (SSSR count). The first-order valence-corrected chi connectivity index (χ1v) is 12.2. The number of sulfonamides is 1. The molecule has 5 nitrogen and oxygen atoms in total. The number of carbonyl (C=O) groups is 1. The predicted octanol–water partition coefficient (Wildman–Crippen LogP) is 3.60. The number of nitrogens with one attached hydrogen (secondary N) is 1. The summed E-state index contributed by atoms with van der Waals surface area (Å²) in [6.07, 6.45) is 1.81. The maximum atomic E-state index is 13.2. The molecule has 0 saturated heterocycles. The van der Waals surface area contributed by atoms with Gasteiger partial charge in [0.1, 0.15) is 5.78 Å². The van der Waals surface area contributed by atoms with Crippen molar-refractivity contribution in [3.05, 3.63) is 71.8 Å². The summed E-state index contributed by atoms with van der Waals surface area (Å²) in [7, 11) is -3.72. The standard InChI is InChI=1S/C24H30N2O3S/c1-24(2)19-13-14-20(24)23(27)18(19)15-30(28,29)26-22(17-11-7-4-8-12-17)21(25)16-9-5-3-6-10-16/h3-12,18-22,26H,13-15,25H2,1-2H3/t18-,19?,20+,21+,22+/m0/s1. The van der Waals surface area contributed by atoms with Gasteiger partial charge in [0, 0.05) is 11.8 Å². The summed E-state index contributed by atoms with van der Waals surface area (Å²) in [4.78, 5) is 12.9. The topological polar surface area (TPSA) is 89.3 Å². The van der Waals surface area contributed by atoms with Crippen molar-refractivity contribution >= 4 is 15.8 Å². The third-order valence-electron chi connectivity index (χ3n) is 7.22. The van der Waals surface area contributed by atoms with E-state index < -0.39 is 28.0 Å². The summed E-state index contributed by atoms with van der Waals surface area (Å²) < 4.78 is 29.3. The quantitative estimate of drug-likeness (QED) is 0.708. The van der Waals surface area contributed by atoms with Crippen molar-refractivity contribution in [3.8, 4) is 0 Å². The first-order valence-electron chi connectivity index (χ1n) is 10.6. The Morgan fingerprint density at radius 3 is 2.10 bits per heavy atom. The number of benzene rings is 2. The van der Waals surface area contributed by atoms with Gasteiger partial charge < -0.3 is 5.73 Å². The number of Topliss-reactive ketones (excluding diaryl/α,β-unsaturated/α-hetero) is 1. The summed E-state index contributed by atoms with van der Waals surface area (Å²) >= 11 is 0. The van der Waals surface area contributed by atoms with Crippen molar-refractivity contribution in [2.45, 2.75) is 38.8 Å². The van der Waals surface area contributed by atoms with Gasteiger partial charge in [-0.15, -0.1) is 0 Å².